The van der Waals surface area contributed by atoms with E-state index in [9.17, 15) is 0 Å². The van der Waals surface area contributed by atoms with Gasteiger partial charge < -0.3 is 5.73 Å². The van der Waals surface area contributed by atoms with Gasteiger partial charge in [-0.05, 0) is 25.8 Å². The molecule has 0 atom stereocenters. The van der Waals surface area contributed by atoms with Gasteiger partial charge in [0.05, 0.1) is 5.69 Å². The molecule has 0 radical (unpaired) electrons. The fourth-order valence-corrected chi connectivity index (χ4v) is 2.00. The highest BCUT2D eigenvalue weighted by Crippen LogP contribution is 2.39. The zero-order valence-electron chi connectivity index (χ0n) is 10.7. The number of rotatable bonds is 3. The zero-order chi connectivity index (χ0) is 12.7. The van der Waals surface area contributed by atoms with Crippen molar-refractivity contribution in [3.8, 4) is 5.82 Å². The standard InChI is InChI=1S/C13H17N5/c1-3-11-15-12(14)8(2)13(16-11)18-7-6-10(17-18)9-4-5-9/h6-7,9H,3-5H2,1-2H3,(H2,14,15,16). The van der Waals surface area contributed by atoms with Crippen molar-refractivity contribution < 1.29 is 0 Å². The molecule has 2 heterocycles. The Morgan fingerprint density at radius 1 is 1.39 bits per heavy atom. The lowest BCUT2D eigenvalue weighted by molar-refractivity contribution is 0.784. The third-order valence-corrected chi connectivity index (χ3v) is 3.34. The quantitative estimate of drug-likeness (QED) is 0.895. The average molecular weight is 243 g/mol. The molecule has 1 aliphatic carbocycles. The molecule has 2 aromatic heterocycles. The van der Waals surface area contributed by atoms with Gasteiger partial charge in [0.2, 0.25) is 0 Å². The highest BCUT2D eigenvalue weighted by molar-refractivity contribution is 5.48. The highest BCUT2D eigenvalue weighted by atomic mass is 15.3. The van der Waals surface area contributed by atoms with Crippen molar-refractivity contribution in [1.82, 2.24) is 19.7 Å². The van der Waals surface area contributed by atoms with E-state index in [0.29, 0.717) is 11.7 Å². The van der Waals surface area contributed by atoms with Gasteiger partial charge in [-0.1, -0.05) is 6.92 Å². The van der Waals surface area contributed by atoms with Gasteiger partial charge in [0, 0.05) is 24.1 Å². The Kier molecular flexibility index (Phi) is 2.54. The topological polar surface area (TPSA) is 69.6 Å². The number of nitrogens with zero attached hydrogens (tertiary/aromatic N) is 4. The van der Waals surface area contributed by atoms with Crippen molar-refractivity contribution in [2.24, 2.45) is 0 Å². The molecule has 1 saturated carbocycles. The smallest absolute Gasteiger partial charge is 0.162 e. The molecule has 94 valence electrons. The maximum Gasteiger partial charge on any atom is 0.162 e. The van der Waals surface area contributed by atoms with E-state index in [2.05, 4.69) is 21.1 Å². The van der Waals surface area contributed by atoms with Gasteiger partial charge in [-0.3, -0.25) is 0 Å². The molecule has 5 nitrogen and oxygen atoms in total. The van der Waals surface area contributed by atoms with Crippen LogP contribution in [-0.2, 0) is 6.42 Å². The fourth-order valence-electron chi connectivity index (χ4n) is 2.00. The maximum absolute atomic E-state index is 5.92. The summed E-state index contributed by atoms with van der Waals surface area (Å²) in [6.07, 6.45) is 5.24. The third-order valence-electron chi connectivity index (χ3n) is 3.34. The van der Waals surface area contributed by atoms with Gasteiger partial charge in [0.25, 0.3) is 0 Å². The Morgan fingerprint density at radius 2 is 2.17 bits per heavy atom. The van der Waals surface area contributed by atoms with E-state index in [-0.39, 0.29) is 0 Å². The lowest BCUT2D eigenvalue weighted by Crippen LogP contribution is -2.09. The van der Waals surface area contributed by atoms with Crippen LogP contribution in [0.4, 0.5) is 5.82 Å². The molecule has 18 heavy (non-hydrogen) atoms. The number of aromatic nitrogens is 4. The van der Waals surface area contributed by atoms with Crippen LogP contribution in [0.1, 0.15) is 42.8 Å². The van der Waals surface area contributed by atoms with Crippen molar-refractivity contribution in [2.75, 3.05) is 5.73 Å². The summed E-state index contributed by atoms with van der Waals surface area (Å²) in [6, 6.07) is 2.07. The fraction of sp³-hybridized carbons (Fsp3) is 0.462. The minimum atomic E-state index is 0.542. The second kappa shape index (κ2) is 4.08. The van der Waals surface area contributed by atoms with Gasteiger partial charge in [-0.25, -0.2) is 14.6 Å². The number of hydrogen-bond donors (Lipinski definition) is 1. The minimum absolute atomic E-state index is 0.542. The van der Waals surface area contributed by atoms with Crippen molar-refractivity contribution in [3.05, 3.63) is 29.3 Å². The van der Waals surface area contributed by atoms with E-state index in [1.807, 2.05) is 24.7 Å². The predicted octanol–water partition coefficient (Wildman–Crippen LogP) is 1.99. The first kappa shape index (κ1) is 11.2. The molecule has 2 N–H and O–H groups in total. The normalized spacial score (nSPS) is 15.0. The van der Waals surface area contributed by atoms with Crippen LogP contribution in [0, 0.1) is 6.92 Å². The van der Waals surface area contributed by atoms with Crippen LogP contribution in [0.25, 0.3) is 5.82 Å². The summed E-state index contributed by atoms with van der Waals surface area (Å²) in [5.74, 6) is 2.75. The number of nitrogens with two attached hydrogens (primary N) is 1. The van der Waals surface area contributed by atoms with Gasteiger partial charge in [-0.2, -0.15) is 5.10 Å². The van der Waals surface area contributed by atoms with Crippen molar-refractivity contribution >= 4 is 5.82 Å². The molecule has 0 aliphatic heterocycles. The first-order valence-corrected chi connectivity index (χ1v) is 6.38. The summed E-state index contributed by atoms with van der Waals surface area (Å²) < 4.78 is 1.82. The van der Waals surface area contributed by atoms with Gasteiger partial charge in [0.15, 0.2) is 5.82 Å². The monoisotopic (exact) mass is 243 g/mol. The largest absolute Gasteiger partial charge is 0.383 e. The molecule has 3 rings (SSSR count). The van der Waals surface area contributed by atoms with E-state index >= 15 is 0 Å². The number of hydrogen-bond acceptors (Lipinski definition) is 4. The van der Waals surface area contributed by atoms with Gasteiger partial charge in [-0.15, -0.1) is 0 Å². The van der Waals surface area contributed by atoms with E-state index in [1.54, 1.807) is 0 Å². The summed E-state index contributed by atoms with van der Waals surface area (Å²) in [5.41, 5.74) is 7.96. The predicted molar refractivity (Wildman–Crippen MR) is 69.7 cm³/mol. The Hall–Kier alpha value is -1.91. The lowest BCUT2D eigenvalue weighted by Gasteiger charge is -2.08. The van der Waals surface area contributed by atoms with E-state index < -0.39 is 0 Å². The summed E-state index contributed by atoms with van der Waals surface area (Å²) in [6.45, 7) is 3.95. The Morgan fingerprint density at radius 3 is 2.83 bits per heavy atom. The van der Waals surface area contributed by atoms with E-state index in [0.717, 1.165) is 29.3 Å². The van der Waals surface area contributed by atoms with Crippen molar-refractivity contribution in [2.45, 2.75) is 39.0 Å². The van der Waals surface area contributed by atoms with Gasteiger partial charge >= 0.3 is 0 Å². The molecule has 0 aromatic carbocycles. The molecular formula is C13H17N5. The second-order valence-corrected chi connectivity index (χ2v) is 4.79. The molecule has 0 amide bonds. The molecule has 0 spiro atoms. The number of aryl methyl sites for hydroxylation is 1. The van der Waals surface area contributed by atoms with Crippen LogP contribution in [0.2, 0.25) is 0 Å². The zero-order valence-corrected chi connectivity index (χ0v) is 10.7. The Bertz CT molecular complexity index is 583. The van der Waals surface area contributed by atoms with Crippen molar-refractivity contribution in [1.29, 1.82) is 0 Å². The summed E-state index contributed by atoms with van der Waals surface area (Å²) >= 11 is 0. The molecular weight excluding hydrogens is 226 g/mol. The van der Waals surface area contributed by atoms with Crippen LogP contribution in [0.3, 0.4) is 0 Å². The molecule has 0 saturated heterocycles. The SMILES string of the molecule is CCc1nc(N)c(C)c(-n2ccc(C3CC3)n2)n1. The Balaban J connectivity index is 2.05. The molecule has 0 bridgehead atoms. The highest BCUT2D eigenvalue weighted by Gasteiger charge is 2.26. The number of anilines is 1. The first-order valence-electron chi connectivity index (χ1n) is 6.38. The second-order valence-electron chi connectivity index (χ2n) is 4.79. The van der Waals surface area contributed by atoms with Crippen LogP contribution < -0.4 is 5.73 Å². The maximum atomic E-state index is 5.92. The summed E-state index contributed by atoms with van der Waals surface area (Å²) in [5, 5.41) is 4.59. The van der Waals surface area contributed by atoms with Crippen LogP contribution in [0.5, 0.6) is 0 Å². The lowest BCUT2D eigenvalue weighted by atomic mass is 10.3. The Labute approximate surface area is 106 Å². The summed E-state index contributed by atoms with van der Waals surface area (Å²) in [7, 11) is 0. The third kappa shape index (κ3) is 1.85. The van der Waals surface area contributed by atoms with Crippen LogP contribution >= 0.6 is 0 Å². The molecule has 2 aromatic rings. The number of nitrogen functional groups attached to an aromatic ring is 1. The average Bonchev–Trinajstić information content (AvgIpc) is 3.11. The van der Waals surface area contributed by atoms with Crippen molar-refractivity contribution in [3.63, 3.8) is 0 Å². The molecule has 1 aliphatic rings. The molecule has 1 fully saturated rings. The minimum Gasteiger partial charge on any atom is -0.383 e. The molecule has 0 unspecified atom stereocenters. The van der Waals surface area contributed by atoms with Crippen LogP contribution in [-0.4, -0.2) is 19.7 Å². The van der Waals surface area contributed by atoms with Crippen LogP contribution in [0.15, 0.2) is 12.3 Å². The van der Waals surface area contributed by atoms with Gasteiger partial charge in [0.1, 0.15) is 11.6 Å². The van der Waals surface area contributed by atoms with E-state index in [1.165, 1.54) is 12.8 Å². The molecule has 5 heteroatoms. The summed E-state index contributed by atoms with van der Waals surface area (Å²) in [4.78, 5) is 8.78. The first-order chi connectivity index (χ1) is 8.69. The van der Waals surface area contributed by atoms with E-state index in [4.69, 9.17) is 5.73 Å².